The van der Waals surface area contributed by atoms with Crippen LogP contribution in [0.2, 0.25) is 0 Å². The molecule has 2 nitrogen and oxygen atoms in total. The SMILES string of the molecule is C#Cc1cccc(NC)n1. The highest BCUT2D eigenvalue weighted by Crippen LogP contribution is 2.01. The first-order valence-corrected chi connectivity index (χ1v) is 2.98. The molecule has 50 valence electrons. The zero-order valence-corrected chi connectivity index (χ0v) is 5.76. The lowest BCUT2D eigenvalue weighted by Gasteiger charge is -1.96. The van der Waals surface area contributed by atoms with Crippen molar-refractivity contribution in [1.29, 1.82) is 0 Å². The number of hydrogen-bond acceptors (Lipinski definition) is 2. The fourth-order valence-electron chi connectivity index (χ4n) is 0.654. The van der Waals surface area contributed by atoms with Crippen molar-refractivity contribution in [3.8, 4) is 12.3 Å². The minimum Gasteiger partial charge on any atom is -0.373 e. The predicted octanol–water partition coefficient (Wildman–Crippen LogP) is 1.10. The van der Waals surface area contributed by atoms with Gasteiger partial charge < -0.3 is 5.32 Å². The molecule has 0 bridgehead atoms. The molecule has 0 saturated heterocycles. The van der Waals surface area contributed by atoms with E-state index in [1.807, 2.05) is 19.2 Å². The van der Waals surface area contributed by atoms with E-state index in [9.17, 15) is 0 Å². The molecule has 1 aromatic rings. The van der Waals surface area contributed by atoms with Gasteiger partial charge in [-0.15, -0.1) is 6.42 Å². The van der Waals surface area contributed by atoms with Crippen LogP contribution in [0.25, 0.3) is 0 Å². The summed E-state index contributed by atoms with van der Waals surface area (Å²) in [5.74, 6) is 3.25. The standard InChI is InChI=1S/C8H8N2/c1-3-7-5-4-6-8(9-2)10-7/h1,4-6H,2H3,(H,9,10). The summed E-state index contributed by atoms with van der Waals surface area (Å²) in [5.41, 5.74) is 0.659. The Balaban J connectivity index is 3.01. The van der Waals surface area contributed by atoms with Crippen molar-refractivity contribution in [2.75, 3.05) is 12.4 Å². The molecule has 1 N–H and O–H groups in total. The van der Waals surface area contributed by atoms with Crippen LogP contribution in [-0.4, -0.2) is 12.0 Å². The van der Waals surface area contributed by atoms with E-state index in [0.29, 0.717) is 5.69 Å². The molecular formula is C8H8N2. The van der Waals surface area contributed by atoms with E-state index >= 15 is 0 Å². The number of hydrogen-bond donors (Lipinski definition) is 1. The second-order valence-electron chi connectivity index (χ2n) is 1.80. The van der Waals surface area contributed by atoms with Gasteiger partial charge in [0.15, 0.2) is 0 Å². The lowest BCUT2D eigenvalue weighted by atomic mass is 10.3. The van der Waals surface area contributed by atoms with Gasteiger partial charge >= 0.3 is 0 Å². The van der Waals surface area contributed by atoms with Crippen LogP contribution in [0, 0.1) is 12.3 Å². The van der Waals surface area contributed by atoms with Gasteiger partial charge in [-0.3, -0.25) is 0 Å². The first kappa shape index (κ1) is 6.63. The Morgan fingerprint density at radius 3 is 3.00 bits per heavy atom. The average molecular weight is 132 g/mol. The summed E-state index contributed by atoms with van der Waals surface area (Å²) in [6, 6.07) is 5.52. The first-order valence-electron chi connectivity index (χ1n) is 2.98. The molecule has 0 unspecified atom stereocenters. The maximum Gasteiger partial charge on any atom is 0.127 e. The molecule has 0 radical (unpaired) electrons. The molecule has 0 aromatic carbocycles. The highest BCUT2D eigenvalue weighted by atomic mass is 15.0. The summed E-state index contributed by atoms with van der Waals surface area (Å²) in [5, 5.41) is 2.90. The molecule has 0 aliphatic carbocycles. The highest BCUT2D eigenvalue weighted by Gasteiger charge is 1.88. The van der Waals surface area contributed by atoms with Gasteiger partial charge in [0.1, 0.15) is 11.5 Å². The van der Waals surface area contributed by atoms with Gasteiger partial charge in [-0.2, -0.15) is 0 Å². The van der Waals surface area contributed by atoms with Crippen molar-refractivity contribution in [3.05, 3.63) is 23.9 Å². The lowest BCUT2D eigenvalue weighted by Crippen LogP contribution is -1.92. The number of pyridine rings is 1. The van der Waals surface area contributed by atoms with E-state index < -0.39 is 0 Å². The molecule has 1 aromatic heterocycles. The second kappa shape index (κ2) is 2.88. The van der Waals surface area contributed by atoms with Gasteiger partial charge in [0.25, 0.3) is 0 Å². The minimum atomic E-state index is 0.659. The van der Waals surface area contributed by atoms with E-state index in [0.717, 1.165) is 5.82 Å². The quantitative estimate of drug-likeness (QED) is 0.579. The van der Waals surface area contributed by atoms with Gasteiger partial charge in [-0.1, -0.05) is 12.0 Å². The third-order valence-corrected chi connectivity index (χ3v) is 1.15. The van der Waals surface area contributed by atoms with Crippen LogP contribution >= 0.6 is 0 Å². The zero-order chi connectivity index (χ0) is 7.40. The van der Waals surface area contributed by atoms with Gasteiger partial charge in [0.2, 0.25) is 0 Å². The number of aromatic nitrogens is 1. The fraction of sp³-hybridized carbons (Fsp3) is 0.125. The molecular weight excluding hydrogens is 124 g/mol. The van der Waals surface area contributed by atoms with E-state index in [-0.39, 0.29) is 0 Å². The number of rotatable bonds is 1. The molecule has 0 atom stereocenters. The van der Waals surface area contributed by atoms with E-state index in [4.69, 9.17) is 6.42 Å². The molecule has 10 heavy (non-hydrogen) atoms. The van der Waals surface area contributed by atoms with Crippen molar-refractivity contribution in [2.24, 2.45) is 0 Å². The molecule has 0 spiro atoms. The Morgan fingerprint density at radius 1 is 1.60 bits per heavy atom. The van der Waals surface area contributed by atoms with Crippen molar-refractivity contribution in [3.63, 3.8) is 0 Å². The fourth-order valence-corrected chi connectivity index (χ4v) is 0.654. The Bertz CT molecular complexity index is 260. The summed E-state index contributed by atoms with van der Waals surface area (Å²) in [4.78, 5) is 4.06. The van der Waals surface area contributed by atoms with E-state index in [1.54, 1.807) is 6.07 Å². The van der Waals surface area contributed by atoms with Gasteiger partial charge in [0, 0.05) is 7.05 Å². The summed E-state index contributed by atoms with van der Waals surface area (Å²) >= 11 is 0. The Kier molecular flexibility index (Phi) is 1.91. The monoisotopic (exact) mass is 132 g/mol. The normalized spacial score (nSPS) is 8.40. The molecule has 0 fully saturated rings. The Morgan fingerprint density at radius 2 is 2.40 bits per heavy atom. The van der Waals surface area contributed by atoms with E-state index in [2.05, 4.69) is 16.2 Å². The van der Waals surface area contributed by atoms with Crippen molar-refractivity contribution in [2.45, 2.75) is 0 Å². The maximum atomic E-state index is 5.13. The largest absolute Gasteiger partial charge is 0.373 e. The maximum absolute atomic E-state index is 5.13. The summed E-state index contributed by atoms with van der Waals surface area (Å²) in [7, 11) is 1.81. The molecule has 0 aliphatic rings. The topological polar surface area (TPSA) is 24.9 Å². The lowest BCUT2D eigenvalue weighted by molar-refractivity contribution is 1.26. The zero-order valence-electron chi connectivity index (χ0n) is 5.76. The van der Waals surface area contributed by atoms with Gasteiger partial charge in [-0.25, -0.2) is 4.98 Å². The number of terminal acetylenes is 1. The summed E-state index contributed by atoms with van der Waals surface area (Å²) < 4.78 is 0. The molecule has 2 heteroatoms. The summed E-state index contributed by atoms with van der Waals surface area (Å²) in [6.45, 7) is 0. The van der Waals surface area contributed by atoms with E-state index in [1.165, 1.54) is 0 Å². The van der Waals surface area contributed by atoms with Crippen LogP contribution in [0.1, 0.15) is 5.69 Å². The molecule has 0 saturated carbocycles. The van der Waals surface area contributed by atoms with Crippen LogP contribution < -0.4 is 5.32 Å². The molecule has 1 rings (SSSR count). The Labute approximate surface area is 60.3 Å². The Hall–Kier alpha value is -1.49. The van der Waals surface area contributed by atoms with Crippen LogP contribution in [0.3, 0.4) is 0 Å². The molecule has 0 aliphatic heterocycles. The summed E-state index contributed by atoms with van der Waals surface area (Å²) in [6.07, 6.45) is 5.13. The van der Waals surface area contributed by atoms with Crippen LogP contribution in [0.15, 0.2) is 18.2 Å². The number of anilines is 1. The van der Waals surface area contributed by atoms with Crippen molar-refractivity contribution in [1.82, 2.24) is 4.98 Å². The van der Waals surface area contributed by atoms with Crippen LogP contribution in [0.5, 0.6) is 0 Å². The predicted molar refractivity (Wildman–Crippen MR) is 41.7 cm³/mol. The third-order valence-electron chi connectivity index (χ3n) is 1.15. The second-order valence-corrected chi connectivity index (χ2v) is 1.80. The van der Waals surface area contributed by atoms with Crippen molar-refractivity contribution < 1.29 is 0 Å². The van der Waals surface area contributed by atoms with Crippen LogP contribution in [0.4, 0.5) is 5.82 Å². The number of nitrogens with one attached hydrogen (secondary N) is 1. The van der Waals surface area contributed by atoms with Gasteiger partial charge in [-0.05, 0) is 12.1 Å². The third kappa shape index (κ3) is 1.26. The first-order chi connectivity index (χ1) is 4.86. The van der Waals surface area contributed by atoms with Crippen LogP contribution in [-0.2, 0) is 0 Å². The molecule has 1 heterocycles. The number of nitrogens with zero attached hydrogens (tertiary/aromatic N) is 1. The molecule has 0 amide bonds. The highest BCUT2D eigenvalue weighted by molar-refractivity contribution is 5.38. The minimum absolute atomic E-state index is 0.659. The van der Waals surface area contributed by atoms with Crippen molar-refractivity contribution >= 4 is 5.82 Å². The average Bonchev–Trinajstić information content (AvgIpc) is 2.05. The smallest absolute Gasteiger partial charge is 0.127 e. The van der Waals surface area contributed by atoms with Gasteiger partial charge in [0.05, 0.1) is 0 Å².